The van der Waals surface area contributed by atoms with Gasteiger partial charge in [-0.1, -0.05) is 19.1 Å². The van der Waals surface area contributed by atoms with Crippen LogP contribution in [0.3, 0.4) is 0 Å². The second kappa shape index (κ2) is 13.4. The highest BCUT2D eigenvalue weighted by Gasteiger charge is 2.15. The van der Waals surface area contributed by atoms with Crippen molar-refractivity contribution in [2.24, 2.45) is 4.99 Å². The van der Waals surface area contributed by atoms with Crippen molar-refractivity contribution in [2.75, 3.05) is 46.1 Å². The number of aliphatic imine (C=N–C) groups is 1. The van der Waals surface area contributed by atoms with Crippen LogP contribution in [0.15, 0.2) is 29.3 Å². The third-order valence-corrected chi connectivity index (χ3v) is 4.24. The van der Waals surface area contributed by atoms with Crippen LogP contribution in [0.5, 0.6) is 5.75 Å². The lowest BCUT2D eigenvalue weighted by atomic mass is 10.1. The van der Waals surface area contributed by atoms with Crippen LogP contribution < -0.4 is 15.4 Å². The molecule has 1 fully saturated rings. The summed E-state index contributed by atoms with van der Waals surface area (Å²) in [4.78, 5) is 4.63. The van der Waals surface area contributed by atoms with Gasteiger partial charge in [-0.05, 0) is 50.3 Å². The first-order valence-electron chi connectivity index (χ1n) is 10.2. The van der Waals surface area contributed by atoms with Crippen LogP contribution in [-0.4, -0.2) is 58.1 Å². The summed E-state index contributed by atoms with van der Waals surface area (Å²) in [5, 5.41) is 6.69. The van der Waals surface area contributed by atoms with Gasteiger partial charge >= 0.3 is 0 Å². The molecule has 2 N–H and O–H groups in total. The largest absolute Gasteiger partial charge is 0.494 e. The van der Waals surface area contributed by atoms with E-state index in [-0.39, 0.29) is 6.10 Å². The molecule has 0 saturated carbocycles. The molecule has 0 aromatic heterocycles. The van der Waals surface area contributed by atoms with E-state index in [1.54, 1.807) is 0 Å². The van der Waals surface area contributed by atoms with Gasteiger partial charge in [0, 0.05) is 32.8 Å². The van der Waals surface area contributed by atoms with Gasteiger partial charge in [0.1, 0.15) is 5.75 Å². The SMILES string of the molecule is CCCOc1cccc(CCNC(=NCCCOC2CCOC2)NCC)c1. The fourth-order valence-electron chi connectivity index (χ4n) is 2.83. The molecule has 0 aliphatic carbocycles. The smallest absolute Gasteiger partial charge is 0.191 e. The van der Waals surface area contributed by atoms with Crippen LogP contribution in [-0.2, 0) is 15.9 Å². The molecule has 1 heterocycles. The average molecular weight is 378 g/mol. The maximum absolute atomic E-state index is 5.78. The average Bonchev–Trinajstić information content (AvgIpc) is 3.20. The molecular weight excluding hydrogens is 342 g/mol. The number of hydrogen-bond donors (Lipinski definition) is 2. The summed E-state index contributed by atoms with van der Waals surface area (Å²) in [5.41, 5.74) is 1.26. The van der Waals surface area contributed by atoms with Gasteiger partial charge in [0.2, 0.25) is 0 Å². The first kappa shape index (κ1) is 21.5. The molecule has 1 saturated heterocycles. The molecule has 0 spiro atoms. The molecule has 0 radical (unpaired) electrons. The lowest BCUT2D eigenvalue weighted by Gasteiger charge is -2.12. The van der Waals surface area contributed by atoms with Gasteiger partial charge in [-0.3, -0.25) is 4.99 Å². The lowest BCUT2D eigenvalue weighted by Crippen LogP contribution is -2.38. The highest BCUT2D eigenvalue weighted by atomic mass is 16.5. The monoisotopic (exact) mass is 377 g/mol. The van der Waals surface area contributed by atoms with E-state index in [1.807, 2.05) is 6.07 Å². The maximum Gasteiger partial charge on any atom is 0.191 e. The molecule has 27 heavy (non-hydrogen) atoms. The van der Waals surface area contributed by atoms with Crippen molar-refractivity contribution in [2.45, 2.75) is 45.6 Å². The van der Waals surface area contributed by atoms with Crippen molar-refractivity contribution in [3.05, 3.63) is 29.8 Å². The van der Waals surface area contributed by atoms with Crippen molar-refractivity contribution in [1.29, 1.82) is 0 Å². The predicted molar refractivity (Wildman–Crippen MR) is 110 cm³/mol. The molecule has 0 bridgehead atoms. The van der Waals surface area contributed by atoms with E-state index in [2.05, 4.69) is 47.7 Å². The Hall–Kier alpha value is -1.79. The van der Waals surface area contributed by atoms with Gasteiger partial charge < -0.3 is 24.8 Å². The van der Waals surface area contributed by atoms with Crippen LogP contribution in [0.25, 0.3) is 0 Å². The highest BCUT2D eigenvalue weighted by molar-refractivity contribution is 5.79. The summed E-state index contributed by atoms with van der Waals surface area (Å²) in [6.07, 6.45) is 4.16. The minimum absolute atomic E-state index is 0.275. The van der Waals surface area contributed by atoms with Crippen LogP contribution in [0.1, 0.15) is 38.7 Å². The van der Waals surface area contributed by atoms with Gasteiger partial charge in [-0.2, -0.15) is 0 Å². The predicted octanol–water partition coefficient (Wildman–Crippen LogP) is 2.77. The first-order chi connectivity index (χ1) is 13.3. The summed E-state index contributed by atoms with van der Waals surface area (Å²) >= 11 is 0. The second-order valence-corrected chi connectivity index (χ2v) is 6.64. The van der Waals surface area contributed by atoms with Crippen molar-refractivity contribution >= 4 is 5.96 Å². The standard InChI is InChI=1S/C21H35N3O3/c1-3-13-26-19-8-5-7-18(16-19)9-12-24-21(22-4-2)23-11-6-14-27-20-10-15-25-17-20/h5,7-8,16,20H,3-4,6,9-15,17H2,1-2H3,(H2,22,23,24). The Balaban J connectivity index is 1.66. The second-order valence-electron chi connectivity index (χ2n) is 6.64. The minimum atomic E-state index is 0.275. The van der Waals surface area contributed by atoms with Gasteiger partial charge in [0.05, 0.1) is 19.3 Å². The van der Waals surface area contributed by atoms with Crippen LogP contribution in [0.4, 0.5) is 0 Å². The maximum atomic E-state index is 5.78. The minimum Gasteiger partial charge on any atom is -0.494 e. The Morgan fingerprint density at radius 2 is 2.19 bits per heavy atom. The Morgan fingerprint density at radius 3 is 2.96 bits per heavy atom. The zero-order chi connectivity index (χ0) is 19.2. The Morgan fingerprint density at radius 1 is 1.26 bits per heavy atom. The van der Waals surface area contributed by atoms with E-state index in [0.29, 0.717) is 0 Å². The first-order valence-corrected chi connectivity index (χ1v) is 10.2. The number of nitrogens with one attached hydrogen (secondary N) is 2. The summed E-state index contributed by atoms with van der Waals surface area (Å²) in [6.45, 7) is 9.69. The van der Waals surface area contributed by atoms with Crippen molar-refractivity contribution < 1.29 is 14.2 Å². The molecule has 152 valence electrons. The number of benzene rings is 1. The highest BCUT2D eigenvalue weighted by Crippen LogP contribution is 2.13. The number of ether oxygens (including phenoxy) is 3. The Kier molecular flexibility index (Phi) is 10.7. The normalized spacial score (nSPS) is 17.1. The summed E-state index contributed by atoms with van der Waals surface area (Å²) < 4.78 is 16.8. The molecule has 1 unspecified atom stereocenters. The van der Waals surface area contributed by atoms with Crippen LogP contribution in [0.2, 0.25) is 0 Å². The van der Waals surface area contributed by atoms with E-state index < -0.39 is 0 Å². The molecule has 6 nitrogen and oxygen atoms in total. The molecule has 1 aromatic rings. The Bertz CT molecular complexity index is 545. The van der Waals surface area contributed by atoms with Gasteiger partial charge in [0.15, 0.2) is 5.96 Å². The Labute approximate surface area is 163 Å². The van der Waals surface area contributed by atoms with E-state index in [0.717, 1.165) is 83.5 Å². The summed E-state index contributed by atoms with van der Waals surface area (Å²) in [6, 6.07) is 8.31. The summed E-state index contributed by atoms with van der Waals surface area (Å²) in [5.74, 6) is 1.81. The topological polar surface area (TPSA) is 64.1 Å². The van der Waals surface area contributed by atoms with Gasteiger partial charge in [-0.25, -0.2) is 0 Å². The third kappa shape index (κ3) is 9.11. The van der Waals surface area contributed by atoms with Crippen molar-refractivity contribution in [3.8, 4) is 5.75 Å². The molecule has 1 atom stereocenters. The molecule has 0 amide bonds. The lowest BCUT2D eigenvalue weighted by molar-refractivity contribution is 0.0424. The zero-order valence-electron chi connectivity index (χ0n) is 16.8. The zero-order valence-corrected chi connectivity index (χ0v) is 16.8. The van der Waals surface area contributed by atoms with E-state index in [9.17, 15) is 0 Å². The van der Waals surface area contributed by atoms with E-state index >= 15 is 0 Å². The fourth-order valence-corrected chi connectivity index (χ4v) is 2.83. The molecule has 1 aromatic carbocycles. The number of nitrogens with zero attached hydrogens (tertiary/aromatic N) is 1. The molecule has 6 heteroatoms. The molecule has 1 aliphatic rings. The van der Waals surface area contributed by atoms with Crippen molar-refractivity contribution in [3.63, 3.8) is 0 Å². The van der Waals surface area contributed by atoms with Crippen LogP contribution in [0, 0.1) is 0 Å². The quantitative estimate of drug-likeness (QED) is 0.333. The molecule has 2 rings (SSSR count). The molecule has 1 aliphatic heterocycles. The third-order valence-electron chi connectivity index (χ3n) is 4.24. The fraction of sp³-hybridized carbons (Fsp3) is 0.667. The molecular formula is C21H35N3O3. The number of guanidine groups is 1. The van der Waals surface area contributed by atoms with E-state index in [1.165, 1.54) is 5.56 Å². The summed E-state index contributed by atoms with van der Waals surface area (Å²) in [7, 11) is 0. The van der Waals surface area contributed by atoms with Crippen molar-refractivity contribution in [1.82, 2.24) is 10.6 Å². The number of hydrogen-bond acceptors (Lipinski definition) is 4. The van der Waals surface area contributed by atoms with Crippen LogP contribution >= 0.6 is 0 Å². The van der Waals surface area contributed by atoms with Gasteiger partial charge in [-0.15, -0.1) is 0 Å². The number of rotatable bonds is 12. The van der Waals surface area contributed by atoms with Gasteiger partial charge in [0.25, 0.3) is 0 Å². The van der Waals surface area contributed by atoms with E-state index in [4.69, 9.17) is 14.2 Å².